The fourth-order valence-electron chi connectivity index (χ4n) is 3.58. The minimum atomic E-state index is -0.508. The molecule has 1 N–H and O–H groups in total. The number of nitrogens with one attached hydrogen (secondary N) is 1. The molecule has 2 fully saturated rings. The second-order valence-corrected chi connectivity index (χ2v) is 8.33. The van der Waals surface area contributed by atoms with Crippen LogP contribution in [0.1, 0.15) is 45.6 Å². The van der Waals surface area contributed by atoms with Gasteiger partial charge in [0.1, 0.15) is 12.2 Å². The van der Waals surface area contributed by atoms with E-state index in [2.05, 4.69) is 5.32 Å². The standard InChI is InChI=1S/C20H28N2O4/c1-19(2,3)26-17(23)21-16-12-20(16)10-7-11-22(14-20)18(24)25-13-15-8-5-4-6-9-15/h4-6,8-9,16H,7,10-14H2,1-3H3,(H,21,23)/t16-,20?/m0/s1. The van der Waals surface area contributed by atoms with Crippen LogP contribution in [0.4, 0.5) is 9.59 Å². The Balaban J connectivity index is 1.48. The van der Waals surface area contributed by atoms with Crippen molar-refractivity contribution in [2.75, 3.05) is 13.1 Å². The van der Waals surface area contributed by atoms with E-state index in [1.165, 1.54) is 0 Å². The lowest BCUT2D eigenvalue weighted by Crippen LogP contribution is -2.44. The number of likely N-dealkylation sites (tertiary alicyclic amines) is 1. The van der Waals surface area contributed by atoms with E-state index in [4.69, 9.17) is 9.47 Å². The zero-order valence-corrected chi connectivity index (χ0v) is 15.8. The number of hydrogen-bond donors (Lipinski definition) is 1. The summed E-state index contributed by atoms with van der Waals surface area (Å²) in [6.45, 7) is 7.15. The monoisotopic (exact) mass is 360 g/mol. The van der Waals surface area contributed by atoms with Gasteiger partial charge in [-0.15, -0.1) is 0 Å². The van der Waals surface area contributed by atoms with Gasteiger partial charge in [0.2, 0.25) is 0 Å². The zero-order valence-electron chi connectivity index (χ0n) is 15.8. The average molecular weight is 360 g/mol. The van der Waals surface area contributed by atoms with Gasteiger partial charge < -0.3 is 19.7 Å². The number of hydrogen-bond acceptors (Lipinski definition) is 4. The molecular weight excluding hydrogens is 332 g/mol. The number of benzene rings is 1. The van der Waals surface area contributed by atoms with E-state index in [1.807, 2.05) is 51.1 Å². The van der Waals surface area contributed by atoms with Crippen molar-refractivity contribution >= 4 is 12.2 Å². The fraction of sp³-hybridized carbons (Fsp3) is 0.600. The lowest BCUT2D eigenvalue weighted by molar-refractivity contribution is 0.0499. The van der Waals surface area contributed by atoms with Crippen LogP contribution in [0.5, 0.6) is 0 Å². The number of rotatable bonds is 3. The molecular formula is C20H28N2O4. The van der Waals surface area contributed by atoms with Gasteiger partial charge in [0.05, 0.1) is 0 Å². The number of amides is 2. The normalized spacial score (nSPS) is 24.9. The van der Waals surface area contributed by atoms with Crippen molar-refractivity contribution in [2.45, 2.75) is 58.3 Å². The Kier molecular flexibility index (Phi) is 5.12. The predicted octanol–water partition coefficient (Wildman–Crippen LogP) is 3.70. The molecule has 1 saturated carbocycles. The Morgan fingerprint density at radius 1 is 1.27 bits per heavy atom. The molecule has 6 nitrogen and oxygen atoms in total. The van der Waals surface area contributed by atoms with Crippen LogP contribution in [0.25, 0.3) is 0 Å². The molecule has 2 atom stereocenters. The largest absolute Gasteiger partial charge is 0.445 e. The Morgan fingerprint density at radius 3 is 2.69 bits per heavy atom. The summed E-state index contributed by atoms with van der Waals surface area (Å²) in [4.78, 5) is 26.1. The first-order valence-electron chi connectivity index (χ1n) is 9.23. The Labute approximate surface area is 154 Å². The number of nitrogens with zero attached hydrogens (tertiary/aromatic N) is 1. The first kappa shape index (κ1) is 18.5. The Bertz CT molecular complexity index is 656. The maximum Gasteiger partial charge on any atom is 0.410 e. The second-order valence-electron chi connectivity index (χ2n) is 8.33. The maximum absolute atomic E-state index is 12.4. The summed E-state index contributed by atoms with van der Waals surface area (Å²) in [6.07, 6.45) is 2.15. The predicted molar refractivity (Wildman–Crippen MR) is 97.6 cm³/mol. The third kappa shape index (κ3) is 4.68. The van der Waals surface area contributed by atoms with Gasteiger partial charge in [0, 0.05) is 24.5 Å². The minimum Gasteiger partial charge on any atom is -0.445 e. The summed E-state index contributed by atoms with van der Waals surface area (Å²) in [5, 5.41) is 2.95. The third-order valence-corrected chi connectivity index (χ3v) is 4.95. The lowest BCUT2D eigenvalue weighted by atomic mass is 9.94. The molecule has 6 heteroatoms. The number of carbonyl (C=O) groups is 2. The van der Waals surface area contributed by atoms with E-state index in [9.17, 15) is 9.59 Å². The highest BCUT2D eigenvalue weighted by Gasteiger charge is 2.57. The molecule has 0 radical (unpaired) electrons. The summed E-state index contributed by atoms with van der Waals surface area (Å²) < 4.78 is 10.8. The number of alkyl carbamates (subject to hydrolysis) is 1. The molecule has 0 aromatic heterocycles. The summed E-state index contributed by atoms with van der Waals surface area (Å²) in [5.41, 5.74) is 0.441. The molecule has 1 aromatic carbocycles. The molecule has 1 unspecified atom stereocenters. The van der Waals surface area contributed by atoms with Gasteiger partial charge in [-0.25, -0.2) is 9.59 Å². The molecule has 3 rings (SSSR count). The van der Waals surface area contributed by atoms with E-state index in [1.54, 1.807) is 4.90 Å². The van der Waals surface area contributed by atoms with Crippen molar-refractivity contribution < 1.29 is 19.1 Å². The Hall–Kier alpha value is -2.24. The first-order valence-corrected chi connectivity index (χ1v) is 9.23. The molecule has 2 aliphatic rings. The summed E-state index contributed by atoms with van der Waals surface area (Å²) in [5.74, 6) is 0. The van der Waals surface area contributed by atoms with Crippen molar-refractivity contribution in [1.82, 2.24) is 10.2 Å². The van der Waals surface area contributed by atoms with Crippen LogP contribution < -0.4 is 5.32 Å². The minimum absolute atomic E-state index is 0.0269. The molecule has 1 heterocycles. The van der Waals surface area contributed by atoms with Crippen molar-refractivity contribution in [3.63, 3.8) is 0 Å². The van der Waals surface area contributed by atoms with E-state index in [0.29, 0.717) is 13.1 Å². The number of piperidine rings is 1. The average Bonchev–Trinajstić information content (AvgIpc) is 3.22. The van der Waals surface area contributed by atoms with Crippen molar-refractivity contribution in [3.05, 3.63) is 35.9 Å². The van der Waals surface area contributed by atoms with Crippen molar-refractivity contribution in [2.24, 2.45) is 5.41 Å². The van der Waals surface area contributed by atoms with Gasteiger partial charge in [0.25, 0.3) is 0 Å². The van der Waals surface area contributed by atoms with Gasteiger partial charge in [0.15, 0.2) is 0 Å². The van der Waals surface area contributed by atoms with E-state index >= 15 is 0 Å². The maximum atomic E-state index is 12.4. The van der Waals surface area contributed by atoms with Crippen molar-refractivity contribution in [1.29, 1.82) is 0 Å². The molecule has 1 aromatic rings. The molecule has 0 bridgehead atoms. The van der Waals surface area contributed by atoms with Crippen LogP contribution in [0.2, 0.25) is 0 Å². The van der Waals surface area contributed by atoms with Crippen LogP contribution in [0.3, 0.4) is 0 Å². The molecule has 1 saturated heterocycles. The highest BCUT2D eigenvalue weighted by atomic mass is 16.6. The topological polar surface area (TPSA) is 67.9 Å². The van der Waals surface area contributed by atoms with E-state index in [-0.39, 0.29) is 30.3 Å². The summed E-state index contributed by atoms with van der Waals surface area (Å²) >= 11 is 0. The van der Waals surface area contributed by atoms with Gasteiger partial charge >= 0.3 is 12.2 Å². The van der Waals surface area contributed by atoms with E-state index in [0.717, 1.165) is 24.8 Å². The molecule has 142 valence electrons. The molecule has 26 heavy (non-hydrogen) atoms. The van der Waals surface area contributed by atoms with Gasteiger partial charge in [-0.3, -0.25) is 0 Å². The molecule has 1 spiro atoms. The van der Waals surface area contributed by atoms with Crippen LogP contribution >= 0.6 is 0 Å². The van der Waals surface area contributed by atoms with Crippen LogP contribution in [-0.2, 0) is 16.1 Å². The number of carbonyl (C=O) groups excluding carboxylic acids is 2. The molecule has 1 aliphatic heterocycles. The first-order chi connectivity index (χ1) is 12.3. The van der Waals surface area contributed by atoms with Crippen molar-refractivity contribution in [3.8, 4) is 0 Å². The smallest absolute Gasteiger partial charge is 0.410 e. The van der Waals surface area contributed by atoms with Gasteiger partial charge in [-0.05, 0) is 45.6 Å². The fourth-order valence-corrected chi connectivity index (χ4v) is 3.58. The SMILES string of the molecule is CC(C)(C)OC(=O)N[C@H]1CC12CCCN(C(=O)OCc1ccccc1)C2. The summed E-state index contributed by atoms with van der Waals surface area (Å²) in [7, 11) is 0. The third-order valence-electron chi connectivity index (χ3n) is 4.95. The highest BCUT2D eigenvalue weighted by molar-refractivity contribution is 5.70. The number of ether oxygens (including phenoxy) is 2. The quantitative estimate of drug-likeness (QED) is 0.892. The van der Waals surface area contributed by atoms with Crippen LogP contribution in [0, 0.1) is 5.41 Å². The van der Waals surface area contributed by atoms with Crippen LogP contribution in [-0.4, -0.2) is 41.8 Å². The molecule has 2 amide bonds. The molecule has 1 aliphatic carbocycles. The summed E-state index contributed by atoms with van der Waals surface area (Å²) in [6, 6.07) is 9.73. The van der Waals surface area contributed by atoms with Crippen LogP contribution in [0.15, 0.2) is 30.3 Å². The lowest BCUT2D eigenvalue weighted by Gasteiger charge is -2.33. The van der Waals surface area contributed by atoms with Gasteiger partial charge in [-0.2, -0.15) is 0 Å². The highest BCUT2D eigenvalue weighted by Crippen LogP contribution is 2.52. The second kappa shape index (κ2) is 7.17. The zero-order chi connectivity index (χ0) is 18.8. The van der Waals surface area contributed by atoms with Gasteiger partial charge in [-0.1, -0.05) is 30.3 Å². The van der Waals surface area contributed by atoms with E-state index < -0.39 is 5.60 Å². The Morgan fingerprint density at radius 2 is 2.00 bits per heavy atom.